The van der Waals surface area contributed by atoms with E-state index in [9.17, 15) is 4.79 Å². The maximum absolute atomic E-state index is 11.1. The Morgan fingerprint density at radius 3 is 2.79 bits per heavy atom. The van der Waals surface area contributed by atoms with Gasteiger partial charge in [0.05, 0.1) is 16.8 Å². The van der Waals surface area contributed by atoms with Crippen LogP contribution in [0.4, 0.5) is 5.69 Å². The first-order valence-electron chi connectivity index (χ1n) is 6.39. The largest absolute Gasteiger partial charge is 0.478 e. The minimum absolute atomic E-state index is 0.127. The lowest BCUT2D eigenvalue weighted by Crippen LogP contribution is -2.10. The number of carboxylic acids is 1. The lowest BCUT2D eigenvalue weighted by atomic mass is 10.1. The van der Waals surface area contributed by atoms with Crippen LogP contribution in [0.5, 0.6) is 0 Å². The summed E-state index contributed by atoms with van der Waals surface area (Å²) in [5, 5.41) is 12.5. The van der Waals surface area contributed by atoms with Crippen molar-refractivity contribution in [2.24, 2.45) is 0 Å². The highest BCUT2D eigenvalue weighted by molar-refractivity contribution is 6.34. The van der Waals surface area contributed by atoms with E-state index in [-0.39, 0.29) is 16.7 Å². The number of carboxylic acid groups (broad SMARTS) is 1. The SMILES string of the molecule is CC(C)OCCCCNc1cccc(Cl)c1C(=O)O. The zero-order valence-electron chi connectivity index (χ0n) is 11.3. The molecule has 0 radical (unpaired) electrons. The smallest absolute Gasteiger partial charge is 0.339 e. The number of unbranched alkanes of at least 4 members (excludes halogenated alkanes) is 1. The van der Waals surface area contributed by atoms with E-state index >= 15 is 0 Å². The molecule has 0 saturated heterocycles. The summed E-state index contributed by atoms with van der Waals surface area (Å²) in [4.78, 5) is 11.1. The van der Waals surface area contributed by atoms with Crippen LogP contribution in [0.15, 0.2) is 18.2 Å². The van der Waals surface area contributed by atoms with Gasteiger partial charge in [0.1, 0.15) is 5.56 Å². The van der Waals surface area contributed by atoms with Crippen molar-refractivity contribution in [3.63, 3.8) is 0 Å². The summed E-state index contributed by atoms with van der Waals surface area (Å²) in [6, 6.07) is 5.03. The lowest BCUT2D eigenvalue weighted by molar-refractivity contribution is 0.0697. The number of benzene rings is 1. The van der Waals surface area contributed by atoms with E-state index in [0.717, 1.165) is 19.4 Å². The van der Waals surface area contributed by atoms with E-state index in [4.69, 9.17) is 21.4 Å². The second kappa shape index (κ2) is 8.02. The Labute approximate surface area is 118 Å². The quantitative estimate of drug-likeness (QED) is 0.716. The Morgan fingerprint density at radius 1 is 1.42 bits per heavy atom. The third-order valence-electron chi connectivity index (χ3n) is 2.57. The zero-order chi connectivity index (χ0) is 14.3. The maximum Gasteiger partial charge on any atom is 0.339 e. The number of rotatable bonds is 8. The molecule has 0 aliphatic heterocycles. The highest BCUT2D eigenvalue weighted by Crippen LogP contribution is 2.24. The van der Waals surface area contributed by atoms with Crippen molar-refractivity contribution >= 4 is 23.3 Å². The summed E-state index contributed by atoms with van der Waals surface area (Å²) < 4.78 is 5.43. The van der Waals surface area contributed by atoms with Crippen molar-refractivity contribution < 1.29 is 14.6 Å². The van der Waals surface area contributed by atoms with Gasteiger partial charge in [-0.3, -0.25) is 0 Å². The van der Waals surface area contributed by atoms with Crippen LogP contribution in [0.25, 0.3) is 0 Å². The summed E-state index contributed by atoms with van der Waals surface area (Å²) in [5.74, 6) is -1.02. The van der Waals surface area contributed by atoms with Gasteiger partial charge in [0.25, 0.3) is 0 Å². The molecule has 0 bridgehead atoms. The fourth-order valence-electron chi connectivity index (χ4n) is 1.66. The van der Waals surface area contributed by atoms with Crippen LogP contribution in [0.1, 0.15) is 37.0 Å². The fraction of sp³-hybridized carbons (Fsp3) is 0.500. The molecule has 1 aromatic carbocycles. The zero-order valence-corrected chi connectivity index (χ0v) is 12.0. The third-order valence-corrected chi connectivity index (χ3v) is 2.88. The molecule has 0 amide bonds. The molecule has 2 N–H and O–H groups in total. The lowest BCUT2D eigenvalue weighted by Gasteiger charge is -2.11. The molecular formula is C14H20ClNO3. The van der Waals surface area contributed by atoms with Crippen LogP contribution in [-0.2, 0) is 4.74 Å². The summed E-state index contributed by atoms with van der Waals surface area (Å²) in [6.45, 7) is 5.43. The molecule has 0 spiro atoms. The first kappa shape index (κ1) is 15.8. The van der Waals surface area contributed by atoms with E-state index in [1.807, 2.05) is 13.8 Å². The molecular weight excluding hydrogens is 266 g/mol. The second-order valence-electron chi connectivity index (χ2n) is 4.52. The number of nitrogens with one attached hydrogen (secondary N) is 1. The highest BCUT2D eigenvalue weighted by atomic mass is 35.5. The summed E-state index contributed by atoms with van der Waals surface area (Å²) >= 11 is 5.88. The number of hydrogen-bond acceptors (Lipinski definition) is 3. The minimum atomic E-state index is -1.02. The van der Waals surface area contributed by atoms with Gasteiger partial charge in [-0.25, -0.2) is 4.79 Å². The van der Waals surface area contributed by atoms with Crippen LogP contribution >= 0.6 is 11.6 Å². The van der Waals surface area contributed by atoms with Crippen LogP contribution in [-0.4, -0.2) is 30.3 Å². The summed E-state index contributed by atoms with van der Waals surface area (Å²) in [7, 11) is 0. The standard InChI is InChI=1S/C14H20ClNO3/c1-10(2)19-9-4-3-8-16-12-7-5-6-11(15)13(12)14(17)18/h5-7,10,16H,3-4,8-9H2,1-2H3,(H,17,18). The molecule has 0 aliphatic carbocycles. The van der Waals surface area contributed by atoms with Gasteiger partial charge >= 0.3 is 5.97 Å². The van der Waals surface area contributed by atoms with E-state index in [2.05, 4.69) is 5.32 Å². The van der Waals surface area contributed by atoms with Crippen molar-refractivity contribution in [1.29, 1.82) is 0 Å². The van der Waals surface area contributed by atoms with Crippen LogP contribution in [0, 0.1) is 0 Å². The Hall–Kier alpha value is -1.26. The van der Waals surface area contributed by atoms with E-state index in [1.54, 1.807) is 18.2 Å². The predicted octanol–water partition coefficient (Wildman–Crippen LogP) is 3.66. The first-order chi connectivity index (χ1) is 9.02. The van der Waals surface area contributed by atoms with Crippen molar-refractivity contribution in [1.82, 2.24) is 0 Å². The molecule has 0 heterocycles. The molecule has 0 aliphatic rings. The Balaban J connectivity index is 2.41. The van der Waals surface area contributed by atoms with Gasteiger partial charge in [-0.1, -0.05) is 17.7 Å². The summed E-state index contributed by atoms with van der Waals surface area (Å²) in [6.07, 6.45) is 2.10. The first-order valence-corrected chi connectivity index (χ1v) is 6.77. The van der Waals surface area contributed by atoms with Crippen LogP contribution in [0.2, 0.25) is 5.02 Å². The molecule has 19 heavy (non-hydrogen) atoms. The Morgan fingerprint density at radius 2 is 2.16 bits per heavy atom. The van der Waals surface area contributed by atoms with Gasteiger partial charge in [-0.15, -0.1) is 0 Å². The van der Waals surface area contributed by atoms with E-state index in [1.165, 1.54) is 0 Å². The Kier molecular flexibility index (Phi) is 6.67. The number of ether oxygens (including phenoxy) is 1. The highest BCUT2D eigenvalue weighted by Gasteiger charge is 2.13. The minimum Gasteiger partial charge on any atom is -0.478 e. The molecule has 106 valence electrons. The number of carbonyl (C=O) groups is 1. The van der Waals surface area contributed by atoms with E-state index in [0.29, 0.717) is 12.2 Å². The number of aromatic carboxylic acids is 1. The maximum atomic E-state index is 11.1. The average Bonchev–Trinajstić information content (AvgIpc) is 2.32. The monoisotopic (exact) mass is 285 g/mol. The number of halogens is 1. The van der Waals surface area contributed by atoms with E-state index < -0.39 is 5.97 Å². The van der Waals surface area contributed by atoms with Gasteiger partial charge in [0.2, 0.25) is 0 Å². The van der Waals surface area contributed by atoms with Gasteiger partial charge in [-0.05, 0) is 38.8 Å². The average molecular weight is 286 g/mol. The van der Waals surface area contributed by atoms with Crippen LogP contribution < -0.4 is 5.32 Å². The van der Waals surface area contributed by atoms with Crippen molar-refractivity contribution in [2.45, 2.75) is 32.8 Å². The molecule has 4 nitrogen and oxygen atoms in total. The second-order valence-corrected chi connectivity index (χ2v) is 4.93. The molecule has 0 unspecified atom stereocenters. The normalized spacial score (nSPS) is 10.7. The van der Waals surface area contributed by atoms with Crippen molar-refractivity contribution in [3.8, 4) is 0 Å². The van der Waals surface area contributed by atoms with Gasteiger partial charge in [0, 0.05) is 13.2 Å². The molecule has 0 saturated carbocycles. The fourth-order valence-corrected chi connectivity index (χ4v) is 1.91. The topological polar surface area (TPSA) is 58.6 Å². The molecule has 0 atom stereocenters. The summed E-state index contributed by atoms with van der Waals surface area (Å²) in [5.41, 5.74) is 0.687. The molecule has 1 rings (SSSR count). The molecule has 1 aromatic rings. The van der Waals surface area contributed by atoms with Crippen molar-refractivity contribution in [2.75, 3.05) is 18.5 Å². The van der Waals surface area contributed by atoms with Gasteiger partial charge < -0.3 is 15.2 Å². The number of anilines is 1. The predicted molar refractivity (Wildman–Crippen MR) is 77.2 cm³/mol. The third kappa shape index (κ3) is 5.49. The van der Waals surface area contributed by atoms with Gasteiger partial charge in [-0.2, -0.15) is 0 Å². The molecule has 5 heteroatoms. The molecule has 0 aromatic heterocycles. The van der Waals surface area contributed by atoms with Gasteiger partial charge in [0.15, 0.2) is 0 Å². The van der Waals surface area contributed by atoms with Crippen molar-refractivity contribution in [3.05, 3.63) is 28.8 Å². The van der Waals surface area contributed by atoms with Crippen LogP contribution in [0.3, 0.4) is 0 Å². The Bertz CT molecular complexity index is 421. The number of hydrogen-bond donors (Lipinski definition) is 2. The molecule has 0 fully saturated rings.